The topological polar surface area (TPSA) is 102 Å². The van der Waals surface area contributed by atoms with Crippen LogP contribution >= 0.6 is 11.8 Å². The molecule has 0 radical (unpaired) electrons. The predicted octanol–water partition coefficient (Wildman–Crippen LogP) is 5.30. The molecule has 1 aromatic heterocycles. The Morgan fingerprint density at radius 3 is 2.45 bits per heavy atom. The molecule has 42 heavy (non-hydrogen) atoms. The summed E-state index contributed by atoms with van der Waals surface area (Å²) < 4.78 is 7.05. The molecule has 0 aliphatic heterocycles. The van der Waals surface area contributed by atoms with Gasteiger partial charge in [-0.25, -0.2) is 4.98 Å². The number of ether oxygens (including phenoxy) is 1. The largest absolute Gasteiger partial charge is 0.495 e. The van der Waals surface area contributed by atoms with E-state index >= 15 is 0 Å². The van der Waals surface area contributed by atoms with Gasteiger partial charge in [0.25, 0.3) is 5.56 Å². The summed E-state index contributed by atoms with van der Waals surface area (Å²) in [5.41, 5.74) is 2.31. The molecule has 2 amide bonds. The number of benzene rings is 3. The maximum atomic E-state index is 13.6. The van der Waals surface area contributed by atoms with Crippen molar-refractivity contribution in [3.05, 3.63) is 94.8 Å². The Bertz CT molecular complexity index is 1580. The van der Waals surface area contributed by atoms with Crippen LogP contribution in [0.5, 0.6) is 5.75 Å². The normalized spacial score (nSPS) is 16.6. The number of carbonyl (C=O) groups excluding carboxylic acids is 2. The zero-order valence-corrected chi connectivity index (χ0v) is 24.6. The SMILES string of the molecule is COc1ccccc1NC(=O)CSc1nc2ccccc2c(=O)n1CC1CCC(C(=O)NCCc2ccccc2)CC1. The van der Waals surface area contributed by atoms with Gasteiger partial charge in [0.05, 0.1) is 29.5 Å². The highest BCUT2D eigenvalue weighted by Crippen LogP contribution is 2.31. The van der Waals surface area contributed by atoms with Gasteiger partial charge in [-0.3, -0.25) is 19.0 Å². The third-order valence-electron chi connectivity index (χ3n) is 7.75. The molecule has 1 aliphatic rings. The van der Waals surface area contributed by atoms with Crippen molar-refractivity contribution in [3.63, 3.8) is 0 Å². The van der Waals surface area contributed by atoms with E-state index in [-0.39, 0.29) is 35.0 Å². The van der Waals surface area contributed by atoms with Crippen molar-refractivity contribution in [3.8, 4) is 5.75 Å². The number of nitrogens with one attached hydrogen (secondary N) is 2. The summed E-state index contributed by atoms with van der Waals surface area (Å²) in [7, 11) is 1.56. The van der Waals surface area contributed by atoms with Crippen LogP contribution in [0.3, 0.4) is 0 Å². The summed E-state index contributed by atoms with van der Waals surface area (Å²) in [5, 5.41) is 7.07. The van der Waals surface area contributed by atoms with Gasteiger partial charge >= 0.3 is 0 Å². The minimum atomic E-state index is -0.211. The zero-order chi connectivity index (χ0) is 29.3. The number of carbonyl (C=O) groups is 2. The Balaban J connectivity index is 1.21. The minimum Gasteiger partial charge on any atom is -0.495 e. The highest BCUT2D eigenvalue weighted by Gasteiger charge is 2.27. The second kappa shape index (κ2) is 14.2. The molecular formula is C33H36N4O4S. The van der Waals surface area contributed by atoms with Crippen LogP contribution in [0.2, 0.25) is 0 Å². The van der Waals surface area contributed by atoms with Crippen LogP contribution in [0.25, 0.3) is 10.9 Å². The minimum absolute atomic E-state index is 0.00371. The van der Waals surface area contributed by atoms with Gasteiger partial charge in [0.1, 0.15) is 5.75 Å². The third kappa shape index (κ3) is 7.39. The fraction of sp³-hybridized carbons (Fsp3) is 0.333. The first-order valence-electron chi connectivity index (χ1n) is 14.4. The van der Waals surface area contributed by atoms with Gasteiger partial charge in [-0.1, -0.05) is 66.4 Å². The van der Waals surface area contributed by atoms with Gasteiger partial charge in [-0.05, 0) is 67.9 Å². The van der Waals surface area contributed by atoms with Gasteiger partial charge in [-0.2, -0.15) is 0 Å². The second-order valence-corrected chi connectivity index (χ2v) is 11.6. The van der Waals surface area contributed by atoms with Crippen LogP contribution in [0, 0.1) is 11.8 Å². The number of aromatic nitrogens is 2. The summed E-state index contributed by atoms with van der Waals surface area (Å²) in [4.78, 5) is 44.0. The number of rotatable bonds is 11. The fourth-order valence-electron chi connectivity index (χ4n) is 5.47. The standard InChI is InChI=1S/C33H36N4O4S/c1-41-29-14-8-7-13-28(29)35-30(38)22-42-33-36-27-12-6-5-11-26(27)32(40)37(33)21-24-15-17-25(18-16-24)31(39)34-20-19-23-9-3-2-4-10-23/h2-14,24-25H,15-22H2,1H3,(H,34,39)(H,35,38). The molecule has 4 aromatic rings. The molecule has 9 heteroatoms. The highest BCUT2D eigenvalue weighted by atomic mass is 32.2. The molecule has 1 fully saturated rings. The second-order valence-electron chi connectivity index (χ2n) is 10.6. The Kier molecular flexibility index (Phi) is 9.92. The Hall–Kier alpha value is -4.11. The molecule has 5 rings (SSSR count). The number of anilines is 1. The van der Waals surface area contributed by atoms with Crippen LogP contribution in [0.15, 0.2) is 88.8 Å². The summed E-state index contributed by atoms with van der Waals surface area (Å²) in [6, 6.07) is 24.7. The van der Waals surface area contributed by atoms with Crippen LogP contribution in [-0.2, 0) is 22.6 Å². The van der Waals surface area contributed by atoms with E-state index in [1.807, 2.05) is 48.5 Å². The lowest BCUT2D eigenvalue weighted by Crippen LogP contribution is -2.35. The Labute approximate surface area is 249 Å². The van der Waals surface area contributed by atoms with E-state index in [1.165, 1.54) is 17.3 Å². The lowest BCUT2D eigenvalue weighted by atomic mass is 9.81. The molecule has 218 valence electrons. The zero-order valence-electron chi connectivity index (χ0n) is 23.8. The molecule has 2 N–H and O–H groups in total. The van der Waals surface area contributed by atoms with E-state index in [9.17, 15) is 14.4 Å². The number of hydrogen-bond acceptors (Lipinski definition) is 6. The molecule has 0 spiro atoms. The van der Waals surface area contributed by atoms with E-state index in [1.54, 1.807) is 29.9 Å². The van der Waals surface area contributed by atoms with E-state index < -0.39 is 0 Å². The number of methoxy groups -OCH3 is 1. The number of fused-ring (bicyclic) bond motifs is 1. The molecule has 1 saturated carbocycles. The van der Waals surface area contributed by atoms with Crippen LogP contribution in [0.1, 0.15) is 31.2 Å². The van der Waals surface area contributed by atoms with Crippen LogP contribution in [0.4, 0.5) is 5.69 Å². The summed E-state index contributed by atoms with van der Waals surface area (Å²) >= 11 is 1.25. The number of para-hydroxylation sites is 3. The molecular weight excluding hydrogens is 548 g/mol. The van der Waals surface area contributed by atoms with Gasteiger partial charge in [0.15, 0.2) is 5.16 Å². The van der Waals surface area contributed by atoms with Crippen LogP contribution < -0.4 is 20.9 Å². The third-order valence-corrected chi connectivity index (χ3v) is 8.73. The van der Waals surface area contributed by atoms with Crippen LogP contribution in [-0.4, -0.2) is 40.8 Å². The molecule has 0 atom stereocenters. The fourth-order valence-corrected chi connectivity index (χ4v) is 6.28. The molecule has 8 nitrogen and oxygen atoms in total. The summed E-state index contributed by atoms with van der Waals surface area (Å²) in [6.45, 7) is 1.14. The molecule has 0 unspecified atom stereocenters. The van der Waals surface area contributed by atoms with Crippen molar-refractivity contribution >= 4 is 40.2 Å². The molecule has 3 aromatic carbocycles. The van der Waals surface area contributed by atoms with Gasteiger partial charge < -0.3 is 15.4 Å². The number of thioether (sulfide) groups is 1. The first-order valence-corrected chi connectivity index (χ1v) is 15.4. The molecule has 0 bridgehead atoms. The predicted molar refractivity (Wildman–Crippen MR) is 167 cm³/mol. The monoisotopic (exact) mass is 584 g/mol. The molecule has 1 aliphatic carbocycles. The Morgan fingerprint density at radius 2 is 1.67 bits per heavy atom. The van der Waals surface area contributed by atoms with Gasteiger partial charge in [-0.15, -0.1) is 0 Å². The Morgan fingerprint density at radius 1 is 0.952 bits per heavy atom. The average molecular weight is 585 g/mol. The average Bonchev–Trinajstić information content (AvgIpc) is 3.02. The first-order chi connectivity index (χ1) is 20.5. The number of hydrogen-bond donors (Lipinski definition) is 2. The lowest BCUT2D eigenvalue weighted by Gasteiger charge is -2.28. The van der Waals surface area contributed by atoms with Crippen molar-refractivity contribution in [2.45, 2.75) is 43.8 Å². The lowest BCUT2D eigenvalue weighted by molar-refractivity contribution is -0.126. The maximum Gasteiger partial charge on any atom is 0.262 e. The van der Waals surface area contributed by atoms with Crippen molar-refractivity contribution in [2.75, 3.05) is 24.7 Å². The van der Waals surface area contributed by atoms with E-state index in [2.05, 4.69) is 22.8 Å². The van der Waals surface area contributed by atoms with Crippen molar-refractivity contribution in [1.82, 2.24) is 14.9 Å². The van der Waals surface area contributed by atoms with Crippen molar-refractivity contribution in [2.24, 2.45) is 11.8 Å². The molecule has 1 heterocycles. The number of nitrogens with zero attached hydrogens (tertiary/aromatic N) is 2. The summed E-state index contributed by atoms with van der Waals surface area (Å²) in [6.07, 6.45) is 4.11. The van der Waals surface area contributed by atoms with E-state index in [0.29, 0.717) is 40.6 Å². The smallest absolute Gasteiger partial charge is 0.262 e. The highest BCUT2D eigenvalue weighted by molar-refractivity contribution is 7.99. The number of amides is 2. The van der Waals surface area contributed by atoms with Gasteiger partial charge in [0.2, 0.25) is 11.8 Å². The van der Waals surface area contributed by atoms with E-state index in [4.69, 9.17) is 9.72 Å². The molecule has 0 saturated heterocycles. The summed E-state index contributed by atoms with van der Waals surface area (Å²) in [5.74, 6) is 0.830. The van der Waals surface area contributed by atoms with Crippen molar-refractivity contribution in [1.29, 1.82) is 0 Å². The first kappa shape index (κ1) is 29.4. The van der Waals surface area contributed by atoms with Gasteiger partial charge in [0, 0.05) is 19.0 Å². The quantitative estimate of drug-likeness (QED) is 0.183. The van der Waals surface area contributed by atoms with Crippen molar-refractivity contribution < 1.29 is 14.3 Å². The van der Waals surface area contributed by atoms with E-state index in [0.717, 1.165) is 32.1 Å². The maximum absolute atomic E-state index is 13.6.